The van der Waals surface area contributed by atoms with Gasteiger partial charge in [0, 0.05) is 36.6 Å². The van der Waals surface area contributed by atoms with Crippen LogP contribution in [0.15, 0.2) is 48.8 Å². The highest BCUT2D eigenvalue weighted by Gasteiger charge is 2.14. The predicted octanol–water partition coefficient (Wildman–Crippen LogP) is 3.23. The quantitative estimate of drug-likeness (QED) is 0.647. The van der Waals surface area contributed by atoms with Gasteiger partial charge >= 0.3 is 0 Å². The smallest absolute Gasteiger partial charge is 0.273 e. The molecule has 5 heteroatoms. The number of rotatable bonds is 6. The molecule has 0 aliphatic rings. The van der Waals surface area contributed by atoms with E-state index in [-0.39, 0.29) is 16.7 Å². The Balaban J connectivity index is 2.10. The Morgan fingerprint density at radius 1 is 1.25 bits per heavy atom. The fourth-order valence-corrected chi connectivity index (χ4v) is 2.17. The van der Waals surface area contributed by atoms with Crippen LogP contribution in [-0.4, -0.2) is 9.91 Å². The summed E-state index contributed by atoms with van der Waals surface area (Å²) in [5.41, 5.74) is 2.00. The van der Waals surface area contributed by atoms with Crippen molar-refractivity contribution >= 4 is 5.69 Å². The summed E-state index contributed by atoms with van der Waals surface area (Å²) in [6.07, 6.45) is 4.42. The van der Waals surface area contributed by atoms with Crippen LogP contribution < -0.4 is 5.32 Å². The maximum atomic E-state index is 11.0. The third-order valence-electron chi connectivity index (χ3n) is 3.24. The third-order valence-corrected chi connectivity index (χ3v) is 3.24. The van der Waals surface area contributed by atoms with Crippen molar-refractivity contribution in [3.05, 3.63) is 70.0 Å². The average Bonchev–Trinajstić information content (AvgIpc) is 2.49. The Kier molecular flexibility index (Phi) is 4.79. The number of benzene rings is 1. The Hall–Kier alpha value is -2.27. The number of para-hydroxylation sites is 1. The first kappa shape index (κ1) is 14.1. The van der Waals surface area contributed by atoms with Crippen LogP contribution in [0.3, 0.4) is 0 Å². The first-order valence-electron chi connectivity index (χ1n) is 6.58. The molecule has 0 aliphatic carbocycles. The zero-order valence-corrected chi connectivity index (χ0v) is 11.3. The molecule has 1 atom stereocenters. The molecule has 2 aromatic rings. The van der Waals surface area contributed by atoms with Crippen molar-refractivity contribution in [1.29, 1.82) is 0 Å². The van der Waals surface area contributed by atoms with Crippen LogP contribution in [0.5, 0.6) is 0 Å². The number of hydrogen-bond donors (Lipinski definition) is 1. The molecule has 0 spiro atoms. The van der Waals surface area contributed by atoms with Crippen molar-refractivity contribution in [2.24, 2.45) is 0 Å². The van der Waals surface area contributed by atoms with Crippen molar-refractivity contribution in [2.75, 3.05) is 0 Å². The molecule has 1 aromatic heterocycles. The van der Waals surface area contributed by atoms with Gasteiger partial charge in [0.05, 0.1) is 4.92 Å². The van der Waals surface area contributed by atoms with E-state index in [2.05, 4.69) is 17.2 Å². The van der Waals surface area contributed by atoms with Crippen molar-refractivity contribution in [2.45, 2.75) is 25.9 Å². The van der Waals surface area contributed by atoms with Crippen molar-refractivity contribution in [3.63, 3.8) is 0 Å². The second kappa shape index (κ2) is 6.77. The van der Waals surface area contributed by atoms with Gasteiger partial charge in [-0.3, -0.25) is 15.1 Å². The van der Waals surface area contributed by atoms with Gasteiger partial charge in [-0.2, -0.15) is 0 Å². The monoisotopic (exact) mass is 271 g/mol. The SMILES string of the molecule is CCC(NCc1ccccc1[N+](=O)[O-])c1ccncc1. The standard InChI is InChI=1S/C15H17N3O2/c1-2-14(12-7-9-16-10-8-12)17-11-13-5-3-4-6-15(13)18(19)20/h3-10,14,17H,2,11H2,1H3. The molecule has 20 heavy (non-hydrogen) atoms. The number of nitrogens with one attached hydrogen (secondary N) is 1. The highest BCUT2D eigenvalue weighted by Crippen LogP contribution is 2.20. The highest BCUT2D eigenvalue weighted by molar-refractivity contribution is 5.39. The van der Waals surface area contributed by atoms with Crippen LogP contribution >= 0.6 is 0 Å². The van der Waals surface area contributed by atoms with Gasteiger partial charge in [-0.05, 0) is 24.1 Å². The molecule has 104 valence electrons. The van der Waals surface area contributed by atoms with E-state index in [9.17, 15) is 10.1 Å². The molecule has 1 N–H and O–H groups in total. The molecular weight excluding hydrogens is 254 g/mol. The van der Waals surface area contributed by atoms with Gasteiger partial charge in [0.1, 0.15) is 0 Å². The maximum absolute atomic E-state index is 11.0. The molecule has 1 heterocycles. The highest BCUT2D eigenvalue weighted by atomic mass is 16.6. The zero-order chi connectivity index (χ0) is 14.4. The van der Waals surface area contributed by atoms with Gasteiger partial charge in [0.2, 0.25) is 0 Å². The summed E-state index contributed by atoms with van der Waals surface area (Å²) in [6.45, 7) is 2.55. The zero-order valence-electron chi connectivity index (χ0n) is 11.3. The summed E-state index contributed by atoms with van der Waals surface area (Å²) in [5.74, 6) is 0. The van der Waals surface area contributed by atoms with Gasteiger partial charge in [0.15, 0.2) is 0 Å². The van der Waals surface area contributed by atoms with E-state index in [0.717, 1.165) is 12.0 Å². The van der Waals surface area contributed by atoms with Crippen LogP contribution in [0.2, 0.25) is 0 Å². The number of aromatic nitrogens is 1. The van der Waals surface area contributed by atoms with Crippen molar-refractivity contribution in [1.82, 2.24) is 10.3 Å². The fourth-order valence-electron chi connectivity index (χ4n) is 2.17. The third kappa shape index (κ3) is 3.39. The lowest BCUT2D eigenvalue weighted by atomic mass is 10.1. The van der Waals surface area contributed by atoms with Crippen molar-refractivity contribution < 1.29 is 4.92 Å². The van der Waals surface area contributed by atoms with E-state index in [4.69, 9.17) is 0 Å². The van der Waals surface area contributed by atoms with Gasteiger partial charge in [-0.25, -0.2) is 0 Å². The molecule has 0 saturated carbocycles. The van der Waals surface area contributed by atoms with E-state index in [1.54, 1.807) is 24.5 Å². The molecule has 2 rings (SSSR count). The Morgan fingerprint density at radius 2 is 1.95 bits per heavy atom. The molecule has 0 fully saturated rings. The van der Waals surface area contributed by atoms with Crippen LogP contribution in [0.4, 0.5) is 5.69 Å². The summed E-state index contributed by atoms with van der Waals surface area (Å²) in [4.78, 5) is 14.6. The summed E-state index contributed by atoms with van der Waals surface area (Å²) in [6, 6.07) is 10.9. The molecule has 5 nitrogen and oxygen atoms in total. The largest absolute Gasteiger partial charge is 0.306 e. The van der Waals surface area contributed by atoms with Crippen molar-refractivity contribution in [3.8, 4) is 0 Å². The van der Waals surface area contributed by atoms with E-state index in [1.807, 2.05) is 18.2 Å². The second-order valence-corrected chi connectivity index (χ2v) is 4.51. The average molecular weight is 271 g/mol. The summed E-state index contributed by atoms with van der Waals surface area (Å²) in [7, 11) is 0. The van der Waals surface area contributed by atoms with Crippen LogP contribution in [0.1, 0.15) is 30.5 Å². The van der Waals surface area contributed by atoms with Gasteiger partial charge < -0.3 is 5.32 Å². The van der Waals surface area contributed by atoms with E-state index >= 15 is 0 Å². The molecule has 0 bridgehead atoms. The molecule has 0 radical (unpaired) electrons. The number of hydrogen-bond acceptors (Lipinski definition) is 4. The number of nitro benzene ring substituents is 1. The first-order chi connectivity index (χ1) is 9.72. The van der Waals surface area contributed by atoms with Gasteiger partial charge in [-0.1, -0.05) is 25.1 Å². The minimum Gasteiger partial charge on any atom is -0.306 e. The number of nitrogens with zero attached hydrogens (tertiary/aromatic N) is 2. The molecule has 0 aliphatic heterocycles. The fraction of sp³-hybridized carbons (Fsp3) is 0.267. The Labute approximate surface area is 117 Å². The maximum Gasteiger partial charge on any atom is 0.273 e. The minimum atomic E-state index is -0.343. The van der Waals surface area contributed by atoms with Gasteiger partial charge in [0.25, 0.3) is 5.69 Å². The minimum absolute atomic E-state index is 0.157. The van der Waals surface area contributed by atoms with E-state index < -0.39 is 0 Å². The predicted molar refractivity (Wildman–Crippen MR) is 77.2 cm³/mol. The molecule has 0 amide bonds. The first-order valence-corrected chi connectivity index (χ1v) is 6.58. The lowest BCUT2D eigenvalue weighted by Crippen LogP contribution is -2.20. The molecule has 1 aromatic carbocycles. The summed E-state index contributed by atoms with van der Waals surface area (Å²) in [5, 5.41) is 14.3. The molecular formula is C15H17N3O2. The normalized spacial score (nSPS) is 12.1. The topological polar surface area (TPSA) is 68.1 Å². The lowest BCUT2D eigenvalue weighted by Gasteiger charge is -2.17. The number of pyridine rings is 1. The number of nitro groups is 1. The van der Waals surface area contributed by atoms with Crippen LogP contribution in [-0.2, 0) is 6.54 Å². The van der Waals surface area contributed by atoms with E-state index in [1.165, 1.54) is 6.07 Å². The lowest BCUT2D eigenvalue weighted by molar-refractivity contribution is -0.385. The Morgan fingerprint density at radius 3 is 2.60 bits per heavy atom. The molecule has 1 unspecified atom stereocenters. The van der Waals surface area contributed by atoms with Gasteiger partial charge in [-0.15, -0.1) is 0 Å². The summed E-state index contributed by atoms with van der Waals surface area (Å²) < 4.78 is 0. The molecule has 0 saturated heterocycles. The summed E-state index contributed by atoms with van der Waals surface area (Å²) >= 11 is 0. The Bertz CT molecular complexity index is 572. The van der Waals surface area contributed by atoms with E-state index in [0.29, 0.717) is 12.1 Å². The van der Waals surface area contributed by atoms with Crippen LogP contribution in [0.25, 0.3) is 0 Å². The second-order valence-electron chi connectivity index (χ2n) is 4.51. The van der Waals surface area contributed by atoms with Crippen LogP contribution in [0, 0.1) is 10.1 Å².